The van der Waals surface area contributed by atoms with Crippen LogP contribution in [-0.2, 0) is 6.42 Å². The van der Waals surface area contributed by atoms with Crippen LogP contribution in [0.1, 0.15) is 36.5 Å². The maximum atomic E-state index is 5.44. The number of hydrogen-bond acceptors (Lipinski definition) is 3. The first kappa shape index (κ1) is 17.7. The fourth-order valence-corrected chi connectivity index (χ4v) is 2.16. The van der Waals surface area contributed by atoms with E-state index in [1.54, 1.807) is 18.5 Å². The van der Waals surface area contributed by atoms with Gasteiger partial charge in [-0.25, -0.2) is 0 Å². The third-order valence-electron chi connectivity index (χ3n) is 3.53. The molecule has 0 unspecified atom stereocenters. The van der Waals surface area contributed by atoms with Crippen molar-refractivity contribution in [3.63, 3.8) is 0 Å². The Bertz CT molecular complexity index is 670. The Morgan fingerprint density at radius 2 is 1.50 bits per heavy atom. The number of benzene rings is 2. The van der Waals surface area contributed by atoms with Gasteiger partial charge in [-0.2, -0.15) is 10.2 Å². The van der Waals surface area contributed by atoms with E-state index in [1.165, 1.54) is 18.4 Å². The molecule has 0 atom stereocenters. The third kappa shape index (κ3) is 6.21. The number of unbranched alkanes of at least 4 members (excludes halogenated alkanes) is 1. The molecular weight excluding hydrogens is 296 g/mol. The lowest BCUT2D eigenvalue weighted by molar-refractivity contribution is 0.363. The minimum atomic E-state index is 0.509. The standard InChI is InChI=1S/C21H24N2O/c1-3-5-6-18-7-9-19(10-8-18)16-22-23-17-20-11-13-21(14-12-20)24-15-4-2/h4,7-14,16-17H,2-3,5-6,15H2,1H3. The van der Waals surface area contributed by atoms with Crippen molar-refractivity contribution in [1.82, 2.24) is 0 Å². The van der Waals surface area contributed by atoms with Crippen LogP contribution in [0.4, 0.5) is 0 Å². The fraction of sp³-hybridized carbons (Fsp3) is 0.238. The average Bonchev–Trinajstić information content (AvgIpc) is 2.64. The van der Waals surface area contributed by atoms with Crippen LogP contribution < -0.4 is 4.74 Å². The summed E-state index contributed by atoms with van der Waals surface area (Å²) in [6, 6.07) is 16.2. The van der Waals surface area contributed by atoms with Crippen LogP contribution in [0.15, 0.2) is 71.4 Å². The van der Waals surface area contributed by atoms with Gasteiger partial charge in [-0.3, -0.25) is 0 Å². The van der Waals surface area contributed by atoms with Crippen molar-refractivity contribution < 1.29 is 4.74 Å². The zero-order valence-electron chi connectivity index (χ0n) is 14.2. The van der Waals surface area contributed by atoms with Crippen molar-refractivity contribution in [2.45, 2.75) is 26.2 Å². The monoisotopic (exact) mass is 320 g/mol. The number of nitrogens with zero attached hydrogens (tertiary/aromatic N) is 2. The van der Waals surface area contributed by atoms with Gasteiger partial charge in [-0.05, 0) is 53.8 Å². The number of hydrogen-bond donors (Lipinski definition) is 0. The molecule has 0 saturated heterocycles. The van der Waals surface area contributed by atoms with E-state index in [2.05, 4.69) is 48.0 Å². The number of ether oxygens (including phenoxy) is 1. The van der Waals surface area contributed by atoms with Crippen LogP contribution in [0, 0.1) is 0 Å². The van der Waals surface area contributed by atoms with Crippen LogP contribution in [0.25, 0.3) is 0 Å². The Labute approximate surface area is 144 Å². The molecule has 0 fully saturated rings. The molecule has 0 aliphatic heterocycles. The quantitative estimate of drug-likeness (QED) is 0.362. The van der Waals surface area contributed by atoms with E-state index in [0.29, 0.717) is 6.61 Å². The normalized spacial score (nSPS) is 11.2. The van der Waals surface area contributed by atoms with Gasteiger partial charge in [0.15, 0.2) is 0 Å². The zero-order chi connectivity index (χ0) is 17.0. The molecule has 3 nitrogen and oxygen atoms in total. The Morgan fingerprint density at radius 3 is 2.04 bits per heavy atom. The number of rotatable bonds is 9. The Morgan fingerprint density at radius 1 is 0.917 bits per heavy atom. The van der Waals surface area contributed by atoms with Gasteiger partial charge in [0.25, 0.3) is 0 Å². The molecule has 2 aromatic rings. The molecule has 0 amide bonds. The third-order valence-corrected chi connectivity index (χ3v) is 3.53. The fourth-order valence-electron chi connectivity index (χ4n) is 2.16. The maximum Gasteiger partial charge on any atom is 0.119 e. The van der Waals surface area contributed by atoms with Crippen molar-refractivity contribution in [3.8, 4) is 5.75 Å². The van der Waals surface area contributed by atoms with Gasteiger partial charge in [-0.15, -0.1) is 0 Å². The van der Waals surface area contributed by atoms with Crippen molar-refractivity contribution in [3.05, 3.63) is 77.9 Å². The van der Waals surface area contributed by atoms with E-state index in [4.69, 9.17) is 4.74 Å². The van der Waals surface area contributed by atoms with Gasteiger partial charge in [0.1, 0.15) is 12.4 Å². The smallest absolute Gasteiger partial charge is 0.119 e. The summed E-state index contributed by atoms with van der Waals surface area (Å²) in [5.41, 5.74) is 3.41. The lowest BCUT2D eigenvalue weighted by atomic mass is 10.1. The maximum absolute atomic E-state index is 5.44. The van der Waals surface area contributed by atoms with Crippen LogP contribution in [0.3, 0.4) is 0 Å². The molecule has 0 heterocycles. The van der Waals surface area contributed by atoms with E-state index >= 15 is 0 Å². The Kier molecular flexibility index (Phi) is 7.48. The van der Waals surface area contributed by atoms with Crippen molar-refractivity contribution in [2.24, 2.45) is 10.2 Å². The second kappa shape index (κ2) is 10.2. The SMILES string of the molecule is C=CCOc1ccc(C=NN=Cc2ccc(CCCC)cc2)cc1. The van der Waals surface area contributed by atoms with Crippen LogP contribution in [0.5, 0.6) is 5.75 Å². The second-order valence-corrected chi connectivity index (χ2v) is 5.50. The molecule has 0 aliphatic rings. The first-order valence-electron chi connectivity index (χ1n) is 8.31. The largest absolute Gasteiger partial charge is 0.490 e. The highest BCUT2D eigenvalue weighted by atomic mass is 16.5. The molecular formula is C21H24N2O. The summed E-state index contributed by atoms with van der Waals surface area (Å²) in [5, 5.41) is 8.19. The lowest BCUT2D eigenvalue weighted by Crippen LogP contribution is -1.92. The highest BCUT2D eigenvalue weighted by Gasteiger charge is 1.93. The van der Waals surface area contributed by atoms with E-state index in [0.717, 1.165) is 23.3 Å². The van der Waals surface area contributed by atoms with E-state index in [-0.39, 0.29) is 0 Å². The molecule has 3 heteroatoms. The van der Waals surface area contributed by atoms with Crippen molar-refractivity contribution >= 4 is 12.4 Å². The molecule has 2 rings (SSSR count). The van der Waals surface area contributed by atoms with Crippen LogP contribution in [-0.4, -0.2) is 19.0 Å². The minimum Gasteiger partial charge on any atom is -0.490 e. The lowest BCUT2D eigenvalue weighted by Gasteiger charge is -2.02. The molecule has 0 aliphatic carbocycles. The van der Waals surface area contributed by atoms with Gasteiger partial charge < -0.3 is 4.74 Å². The first-order chi connectivity index (χ1) is 11.8. The van der Waals surface area contributed by atoms with Gasteiger partial charge >= 0.3 is 0 Å². The second-order valence-electron chi connectivity index (χ2n) is 5.50. The highest BCUT2D eigenvalue weighted by Crippen LogP contribution is 2.11. The van der Waals surface area contributed by atoms with Crippen LogP contribution in [0.2, 0.25) is 0 Å². The molecule has 0 bridgehead atoms. The van der Waals surface area contributed by atoms with Crippen molar-refractivity contribution in [1.29, 1.82) is 0 Å². The summed E-state index contributed by atoms with van der Waals surface area (Å²) in [6.45, 7) is 6.34. The first-order valence-corrected chi connectivity index (χ1v) is 8.31. The van der Waals surface area contributed by atoms with E-state index in [9.17, 15) is 0 Å². The summed E-state index contributed by atoms with van der Waals surface area (Å²) in [7, 11) is 0. The molecule has 124 valence electrons. The number of aryl methyl sites for hydroxylation is 1. The van der Waals surface area contributed by atoms with Crippen molar-refractivity contribution in [2.75, 3.05) is 6.61 Å². The van der Waals surface area contributed by atoms with Gasteiger partial charge in [0.05, 0.1) is 12.4 Å². The topological polar surface area (TPSA) is 34.0 Å². The van der Waals surface area contributed by atoms with E-state index < -0.39 is 0 Å². The summed E-state index contributed by atoms with van der Waals surface area (Å²) >= 11 is 0. The summed E-state index contributed by atoms with van der Waals surface area (Å²) in [5.74, 6) is 0.818. The highest BCUT2D eigenvalue weighted by molar-refractivity contribution is 5.82. The summed E-state index contributed by atoms with van der Waals surface area (Å²) in [4.78, 5) is 0. The molecule has 0 aromatic heterocycles. The zero-order valence-corrected chi connectivity index (χ0v) is 14.2. The van der Waals surface area contributed by atoms with Gasteiger partial charge in [-0.1, -0.05) is 50.3 Å². The average molecular weight is 320 g/mol. The Hall–Kier alpha value is -2.68. The predicted octanol–water partition coefficient (Wildman–Crippen LogP) is 5.05. The molecule has 0 saturated carbocycles. The minimum absolute atomic E-state index is 0.509. The van der Waals surface area contributed by atoms with Gasteiger partial charge in [0, 0.05) is 0 Å². The molecule has 2 aromatic carbocycles. The molecule has 0 radical (unpaired) electrons. The summed E-state index contributed by atoms with van der Waals surface area (Å²) < 4.78 is 5.44. The molecule has 24 heavy (non-hydrogen) atoms. The van der Waals surface area contributed by atoms with Crippen LogP contribution >= 0.6 is 0 Å². The Balaban J connectivity index is 1.86. The molecule has 0 spiro atoms. The molecule has 0 N–H and O–H groups in total. The van der Waals surface area contributed by atoms with E-state index in [1.807, 2.05) is 24.3 Å². The summed E-state index contributed by atoms with van der Waals surface area (Å²) in [6.07, 6.45) is 8.80. The predicted molar refractivity (Wildman–Crippen MR) is 102 cm³/mol. The van der Waals surface area contributed by atoms with Gasteiger partial charge in [0.2, 0.25) is 0 Å².